The van der Waals surface area contributed by atoms with Crippen LogP contribution in [0.5, 0.6) is 0 Å². The van der Waals surface area contributed by atoms with E-state index in [1.54, 1.807) is 19.4 Å². The molecule has 1 heterocycles. The molecule has 0 saturated heterocycles. The Labute approximate surface area is 98.6 Å². The molecule has 0 fully saturated rings. The van der Waals surface area contributed by atoms with E-state index in [4.69, 9.17) is 0 Å². The zero-order valence-electron chi connectivity index (χ0n) is 9.42. The lowest BCUT2D eigenvalue weighted by Crippen LogP contribution is -2.24. The highest BCUT2D eigenvalue weighted by Gasteiger charge is 2.01. The molecule has 0 spiro atoms. The molecular formula is C11H13N5O. The number of benzene rings is 1. The summed E-state index contributed by atoms with van der Waals surface area (Å²) in [5, 5.41) is 13.6. The molecule has 0 bridgehead atoms. The Hall–Kier alpha value is -2.21. The molecule has 0 radical (unpaired) electrons. The minimum Gasteiger partial charge on any atom is -0.325 e. The number of aromatic nitrogens is 3. The maximum atomic E-state index is 11.3. The van der Waals surface area contributed by atoms with Gasteiger partial charge >= 0.3 is 0 Å². The van der Waals surface area contributed by atoms with Crippen molar-refractivity contribution in [2.24, 2.45) is 0 Å². The highest BCUT2D eigenvalue weighted by molar-refractivity contribution is 5.92. The Morgan fingerprint density at radius 1 is 1.24 bits per heavy atom. The van der Waals surface area contributed by atoms with E-state index in [1.807, 2.05) is 24.3 Å². The van der Waals surface area contributed by atoms with Crippen molar-refractivity contribution in [2.75, 3.05) is 18.9 Å². The van der Waals surface area contributed by atoms with Gasteiger partial charge in [-0.1, -0.05) is 0 Å². The largest absolute Gasteiger partial charge is 0.325 e. The topological polar surface area (TPSA) is 71.8 Å². The predicted molar refractivity (Wildman–Crippen MR) is 63.9 cm³/mol. The fourth-order valence-corrected chi connectivity index (χ4v) is 1.39. The van der Waals surface area contributed by atoms with Crippen LogP contribution in [-0.2, 0) is 4.79 Å². The fourth-order valence-electron chi connectivity index (χ4n) is 1.39. The molecule has 2 aromatic rings. The molecule has 88 valence electrons. The van der Waals surface area contributed by atoms with Crippen molar-refractivity contribution in [3.05, 3.63) is 36.7 Å². The molecule has 2 N–H and O–H groups in total. The van der Waals surface area contributed by atoms with Crippen molar-refractivity contribution >= 4 is 11.6 Å². The van der Waals surface area contributed by atoms with Crippen molar-refractivity contribution in [3.8, 4) is 5.69 Å². The van der Waals surface area contributed by atoms with Gasteiger partial charge in [0.25, 0.3) is 0 Å². The third kappa shape index (κ3) is 2.88. The minimum atomic E-state index is -0.0718. The van der Waals surface area contributed by atoms with E-state index in [9.17, 15) is 4.79 Å². The van der Waals surface area contributed by atoms with Gasteiger partial charge in [0.15, 0.2) is 0 Å². The predicted octanol–water partition coefficient (Wildman–Crippen LogP) is 0.425. The van der Waals surface area contributed by atoms with Crippen LogP contribution in [0.1, 0.15) is 0 Å². The minimum absolute atomic E-state index is 0.0718. The number of carbonyl (C=O) groups excluding carboxylic acids is 1. The number of anilines is 1. The molecular weight excluding hydrogens is 218 g/mol. The molecule has 1 aromatic carbocycles. The van der Waals surface area contributed by atoms with E-state index in [0.29, 0.717) is 6.54 Å². The third-order valence-electron chi connectivity index (χ3n) is 2.14. The van der Waals surface area contributed by atoms with Gasteiger partial charge in [-0.2, -0.15) is 15.0 Å². The van der Waals surface area contributed by atoms with Crippen LogP contribution in [0.25, 0.3) is 5.69 Å². The monoisotopic (exact) mass is 231 g/mol. The van der Waals surface area contributed by atoms with Crippen LogP contribution in [0.2, 0.25) is 0 Å². The molecule has 0 saturated carbocycles. The summed E-state index contributed by atoms with van der Waals surface area (Å²) < 4.78 is 0. The number of hydrogen-bond donors (Lipinski definition) is 2. The summed E-state index contributed by atoms with van der Waals surface area (Å²) in [6.07, 6.45) is 3.23. The summed E-state index contributed by atoms with van der Waals surface area (Å²) >= 11 is 0. The number of rotatable bonds is 4. The average molecular weight is 231 g/mol. The summed E-state index contributed by atoms with van der Waals surface area (Å²) in [5.41, 5.74) is 1.60. The maximum absolute atomic E-state index is 11.3. The lowest BCUT2D eigenvalue weighted by molar-refractivity contribution is -0.115. The van der Waals surface area contributed by atoms with Crippen LogP contribution < -0.4 is 10.6 Å². The summed E-state index contributed by atoms with van der Waals surface area (Å²) in [5.74, 6) is -0.0718. The number of amides is 1. The zero-order valence-corrected chi connectivity index (χ0v) is 9.42. The normalized spacial score (nSPS) is 10.2. The van der Waals surface area contributed by atoms with Gasteiger partial charge in [-0.05, 0) is 31.3 Å². The van der Waals surface area contributed by atoms with Crippen LogP contribution in [0, 0.1) is 0 Å². The molecule has 0 aliphatic heterocycles. The van der Waals surface area contributed by atoms with Gasteiger partial charge < -0.3 is 10.6 Å². The molecule has 6 nitrogen and oxygen atoms in total. The number of hydrogen-bond acceptors (Lipinski definition) is 4. The van der Waals surface area contributed by atoms with Crippen LogP contribution in [0.15, 0.2) is 36.7 Å². The second-order valence-electron chi connectivity index (χ2n) is 3.44. The molecule has 1 aromatic heterocycles. The van der Waals surface area contributed by atoms with Crippen molar-refractivity contribution in [3.63, 3.8) is 0 Å². The van der Waals surface area contributed by atoms with Gasteiger partial charge in [0.2, 0.25) is 5.91 Å². The van der Waals surface area contributed by atoms with E-state index in [2.05, 4.69) is 20.8 Å². The van der Waals surface area contributed by atoms with E-state index in [-0.39, 0.29) is 5.91 Å². The molecule has 0 atom stereocenters. The molecule has 0 unspecified atom stereocenters. The Morgan fingerprint density at radius 2 is 1.88 bits per heavy atom. The van der Waals surface area contributed by atoms with E-state index in [1.165, 1.54) is 4.80 Å². The van der Waals surface area contributed by atoms with Crippen LogP contribution >= 0.6 is 0 Å². The van der Waals surface area contributed by atoms with E-state index < -0.39 is 0 Å². The van der Waals surface area contributed by atoms with Gasteiger partial charge in [0.05, 0.1) is 24.6 Å². The van der Waals surface area contributed by atoms with Gasteiger partial charge in [0, 0.05) is 5.69 Å². The first-order chi connectivity index (χ1) is 8.29. The van der Waals surface area contributed by atoms with Crippen LogP contribution in [-0.4, -0.2) is 34.5 Å². The molecule has 17 heavy (non-hydrogen) atoms. The van der Waals surface area contributed by atoms with Crippen LogP contribution in [0.3, 0.4) is 0 Å². The standard InChI is InChI=1S/C11H13N5O/c1-12-8-11(17)15-9-2-4-10(5-3-9)16-13-6-7-14-16/h2-7,12H,8H2,1H3,(H,15,17). The lowest BCUT2D eigenvalue weighted by atomic mass is 10.3. The quantitative estimate of drug-likeness (QED) is 0.800. The smallest absolute Gasteiger partial charge is 0.238 e. The number of nitrogens with zero attached hydrogens (tertiary/aromatic N) is 3. The van der Waals surface area contributed by atoms with Crippen molar-refractivity contribution < 1.29 is 4.79 Å². The molecule has 6 heteroatoms. The number of nitrogens with one attached hydrogen (secondary N) is 2. The van der Waals surface area contributed by atoms with E-state index >= 15 is 0 Å². The molecule has 1 amide bonds. The van der Waals surface area contributed by atoms with Crippen molar-refractivity contribution in [1.29, 1.82) is 0 Å². The SMILES string of the molecule is CNCC(=O)Nc1ccc(-n2nccn2)cc1. The highest BCUT2D eigenvalue weighted by Crippen LogP contribution is 2.11. The molecule has 0 aliphatic rings. The van der Waals surface area contributed by atoms with Crippen molar-refractivity contribution in [1.82, 2.24) is 20.3 Å². The summed E-state index contributed by atoms with van der Waals surface area (Å²) in [4.78, 5) is 12.8. The first-order valence-electron chi connectivity index (χ1n) is 5.21. The number of likely N-dealkylation sites (N-methyl/N-ethyl adjacent to an activating group) is 1. The summed E-state index contributed by atoms with van der Waals surface area (Å²) in [6.45, 7) is 0.294. The van der Waals surface area contributed by atoms with Gasteiger partial charge in [-0.3, -0.25) is 4.79 Å². The average Bonchev–Trinajstić information content (AvgIpc) is 2.84. The lowest BCUT2D eigenvalue weighted by Gasteiger charge is -2.05. The van der Waals surface area contributed by atoms with Gasteiger partial charge in [-0.15, -0.1) is 0 Å². The van der Waals surface area contributed by atoms with Gasteiger partial charge in [-0.25, -0.2) is 0 Å². The molecule has 0 aliphatic carbocycles. The van der Waals surface area contributed by atoms with Gasteiger partial charge in [0.1, 0.15) is 0 Å². The van der Waals surface area contributed by atoms with Crippen molar-refractivity contribution in [2.45, 2.75) is 0 Å². The van der Waals surface area contributed by atoms with Crippen LogP contribution in [0.4, 0.5) is 5.69 Å². The summed E-state index contributed by atoms with van der Waals surface area (Å²) in [6, 6.07) is 7.31. The summed E-state index contributed by atoms with van der Waals surface area (Å²) in [7, 11) is 1.73. The Balaban J connectivity index is 2.06. The number of carbonyl (C=O) groups is 1. The zero-order chi connectivity index (χ0) is 12.1. The first-order valence-corrected chi connectivity index (χ1v) is 5.21. The fraction of sp³-hybridized carbons (Fsp3) is 0.182. The molecule has 2 rings (SSSR count). The Bertz CT molecular complexity index is 477. The third-order valence-corrected chi connectivity index (χ3v) is 2.14. The second kappa shape index (κ2) is 5.22. The Morgan fingerprint density at radius 3 is 2.47 bits per heavy atom. The Kier molecular flexibility index (Phi) is 3.46. The maximum Gasteiger partial charge on any atom is 0.238 e. The van der Waals surface area contributed by atoms with E-state index in [0.717, 1.165) is 11.4 Å². The second-order valence-corrected chi connectivity index (χ2v) is 3.44. The highest BCUT2D eigenvalue weighted by atomic mass is 16.1. The first kappa shape index (κ1) is 11.3.